The van der Waals surface area contributed by atoms with Crippen LogP contribution in [0.15, 0.2) is 53.0 Å². The molecule has 0 aliphatic heterocycles. The summed E-state index contributed by atoms with van der Waals surface area (Å²) in [5.74, 6) is 0.598. The SMILES string of the molecule is C\C=C/C=C(\C=C\c1ccc(OC)c(S)c1)C(=O)NC. The van der Waals surface area contributed by atoms with E-state index in [2.05, 4.69) is 17.9 Å². The van der Waals surface area contributed by atoms with Gasteiger partial charge in [0.2, 0.25) is 0 Å². The molecule has 0 radical (unpaired) electrons. The molecule has 0 fully saturated rings. The molecule has 1 N–H and O–H groups in total. The zero-order chi connectivity index (χ0) is 15.0. The highest BCUT2D eigenvalue weighted by Gasteiger charge is 2.03. The highest BCUT2D eigenvalue weighted by molar-refractivity contribution is 7.80. The minimum atomic E-state index is -0.126. The Balaban J connectivity index is 2.98. The Kier molecular flexibility index (Phi) is 6.67. The summed E-state index contributed by atoms with van der Waals surface area (Å²) >= 11 is 4.34. The molecule has 0 heterocycles. The van der Waals surface area contributed by atoms with Crippen molar-refractivity contribution in [3.05, 3.63) is 53.6 Å². The number of carbonyl (C=O) groups excluding carboxylic acids is 1. The predicted octanol–water partition coefficient (Wildman–Crippen LogP) is 3.25. The molecule has 0 aromatic heterocycles. The molecule has 0 aliphatic rings. The summed E-state index contributed by atoms with van der Waals surface area (Å²) in [4.78, 5) is 12.5. The third-order valence-corrected chi connectivity index (χ3v) is 2.97. The lowest BCUT2D eigenvalue weighted by Gasteiger charge is -2.04. The Morgan fingerprint density at radius 3 is 2.70 bits per heavy atom. The maximum Gasteiger partial charge on any atom is 0.251 e. The molecule has 0 saturated carbocycles. The van der Waals surface area contributed by atoms with Gasteiger partial charge >= 0.3 is 0 Å². The molecule has 0 saturated heterocycles. The van der Waals surface area contributed by atoms with Crippen LogP contribution in [0.25, 0.3) is 6.08 Å². The molecule has 0 spiro atoms. The molecule has 0 aliphatic carbocycles. The van der Waals surface area contributed by atoms with Gasteiger partial charge in [0.1, 0.15) is 5.75 Å². The second-order valence-corrected chi connectivity index (χ2v) is 4.47. The minimum absolute atomic E-state index is 0.126. The third-order valence-electron chi connectivity index (χ3n) is 2.62. The number of benzene rings is 1. The van der Waals surface area contributed by atoms with Crippen molar-refractivity contribution >= 4 is 24.6 Å². The van der Waals surface area contributed by atoms with Gasteiger partial charge in [-0.3, -0.25) is 4.79 Å². The Bertz CT molecular complexity index is 560. The lowest BCUT2D eigenvalue weighted by atomic mass is 10.1. The molecule has 3 nitrogen and oxygen atoms in total. The van der Waals surface area contributed by atoms with Crippen molar-refractivity contribution in [3.63, 3.8) is 0 Å². The molecular formula is C16H19NO2S. The van der Waals surface area contributed by atoms with E-state index in [1.54, 1.807) is 26.3 Å². The summed E-state index contributed by atoms with van der Waals surface area (Å²) in [6.45, 7) is 1.90. The highest BCUT2D eigenvalue weighted by Crippen LogP contribution is 2.23. The van der Waals surface area contributed by atoms with Crippen LogP contribution in [0.4, 0.5) is 0 Å². The van der Waals surface area contributed by atoms with E-state index in [1.165, 1.54) is 0 Å². The summed E-state index contributed by atoms with van der Waals surface area (Å²) in [6, 6.07) is 5.64. The largest absolute Gasteiger partial charge is 0.496 e. The number of likely N-dealkylation sites (N-methyl/N-ethyl adjacent to an activating group) is 1. The smallest absolute Gasteiger partial charge is 0.251 e. The molecule has 4 heteroatoms. The van der Waals surface area contributed by atoms with Gasteiger partial charge in [-0.1, -0.05) is 24.3 Å². The standard InChI is InChI=1S/C16H19NO2S/c1-4-5-6-13(16(18)17-2)9-7-12-8-10-14(19-3)15(20)11-12/h4-11,20H,1-3H3,(H,17,18)/b5-4-,9-7+,13-6+. The number of rotatable bonds is 5. The van der Waals surface area contributed by atoms with Crippen LogP contribution in [-0.4, -0.2) is 20.1 Å². The zero-order valence-electron chi connectivity index (χ0n) is 11.9. The predicted molar refractivity (Wildman–Crippen MR) is 86.2 cm³/mol. The number of ether oxygens (including phenoxy) is 1. The van der Waals surface area contributed by atoms with Gasteiger partial charge in [-0.15, -0.1) is 12.6 Å². The molecule has 106 valence electrons. The van der Waals surface area contributed by atoms with Crippen molar-refractivity contribution in [2.45, 2.75) is 11.8 Å². The average molecular weight is 289 g/mol. The molecule has 1 amide bonds. The van der Waals surface area contributed by atoms with E-state index in [9.17, 15) is 4.79 Å². The first kappa shape index (κ1) is 16.1. The zero-order valence-corrected chi connectivity index (χ0v) is 12.8. The van der Waals surface area contributed by atoms with E-state index in [-0.39, 0.29) is 5.91 Å². The van der Waals surface area contributed by atoms with Gasteiger partial charge in [0, 0.05) is 17.5 Å². The Morgan fingerprint density at radius 1 is 1.40 bits per heavy atom. The van der Waals surface area contributed by atoms with Crippen LogP contribution in [0.5, 0.6) is 5.75 Å². The summed E-state index contributed by atoms with van der Waals surface area (Å²) in [7, 11) is 3.22. The summed E-state index contributed by atoms with van der Waals surface area (Å²) in [5, 5.41) is 2.61. The van der Waals surface area contributed by atoms with E-state index in [0.29, 0.717) is 5.57 Å². The first-order valence-corrected chi connectivity index (χ1v) is 6.67. The first-order chi connectivity index (χ1) is 9.62. The lowest BCUT2D eigenvalue weighted by Crippen LogP contribution is -2.18. The molecule has 20 heavy (non-hydrogen) atoms. The van der Waals surface area contributed by atoms with Gasteiger partial charge in [0.05, 0.1) is 7.11 Å². The summed E-state index contributed by atoms with van der Waals surface area (Å²) in [5.41, 5.74) is 1.54. The molecule has 0 unspecified atom stereocenters. The number of carbonyl (C=O) groups is 1. The fourth-order valence-electron chi connectivity index (χ4n) is 1.55. The van der Waals surface area contributed by atoms with Crippen molar-refractivity contribution in [3.8, 4) is 5.75 Å². The Labute approximate surface area is 125 Å². The van der Waals surface area contributed by atoms with Gasteiger partial charge in [-0.25, -0.2) is 0 Å². The van der Waals surface area contributed by atoms with Crippen LogP contribution in [-0.2, 0) is 4.79 Å². The van der Waals surface area contributed by atoms with Crippen LogP contribution in [0.3, 0.4) is 0 Å². The number of nitrogens with one attached hydrogen (secondary N) is 1. The molecule has 1 aromatic carbocycles. The topological polar surface area (TPSA) is 38.3 Å². The highest BCUT2D eigenvalue weighted by atomic mass is 32.1. The number of allylic oxidation sites excluding steroid dienone is 3. The summed E-state index contributed by atoms with van der Waals surface area (Å²) in [6.07, 6.45) is 9.10. The van der Waals surface area contributed by atoms with Gasteiger partial charge in [-0.05, 0) is 36.8 Å². The van der Waals surface area contributed by atoms with E-state index in [0.717, 1.165) is 16.2 Å². The van der Waals surface area contributed by atoms with Gasteiger partial charge in [0.15, 0.2) is 0 Å². The Morgan fingerprint density at radius 2 is 2.15 bits per heavy atom. The van der Waals surface area contributed by atoms with Crippen LogP contribution >= 0.6 is 12.6 Å². The van der Waals surface area contributed by atoms with Gasteiger partial charge in [0.25, 0.3) is 5.91 Å². The molecule has 1 rings (SSSR count). The van der Waals surface area contributed by atoms with Crippen LogP contribution in [0, 0.1) is 0 Å². The number of amides is 1. The van der Waals surface area contributed by atoms with E-state index in [4.69, 9.17) is 4.74 Å². The van der Waals surface area contributed by atoms with E-state index < -0.39 is 0 Å². The quantitative estimate of drug-likeness (QED) is 0.496. The number of methoxy groups -OCH3 is 1. The van der Waals surface area contributed by atoms with Gasteiger partial charge < -0.3 is 10.1 Å². The molecule has 0 atom stereocenters. The van der Waals surface area contributed by atoms with Crippen molar-refractivity contribution in [2.75, 3.05) is 14.2 Å². The summed E-state index contributed by atoms with van der Waals surface area (Å²) < 4.78 is 5.15. The van der Waals surface area contributed by atoms with Crippen LogP contribution in [0.2, 0.25) is 0 Å². The second-order valence-electron chi connectivity index (χ2n) is 3.99. The van der Waals surface area contributed by atoms with E-state index in [1.807, 2.05) is 43.4 Å². The molecule has 1 aromatic rings. The first-order valence-electron chi connectivity index (χ1n) is 6.22. The van der Waals surface area contributed by atoms with Crippen molar-refractivity contribution in [2.24, 2.45) is 0 Å². The maximum absolute atomic E-state index is 11.7. The number of thiol groups is 1. The van der Waals surface area contributed by atoms with Crippen LogP contribution < -0.4 is 10.1 Å². The second kappa shape index (κ2) is 8.27. The normalized spacial score (nSPS) is 12.1. The average Bonchev–Trinajstić information content (AvgIpc) is 2.46. The van der Waals surface area contributed by atoms with E-state index >= 15 is 0 Å². The van der Waals surface area contributed by atoms with Crippen molar-refractivity contribution in [1.82, 2.24) is 5.32 Å². The number of hydrogen-bond acceptors (Lipinski definition) is 3. The monoisotopic (exact) mass is 289 g/mol. The minimum Gasteiger partial charge on any atom is -0.496 e. The molecular weight excluding hydrogens is 270 g/mol. The third kappa shape index (κ3) is 4.63. The van der Waals surface area contributed by atoms with Crippen LogP contribution in [0.1, 0.15) is 12.5 Å². The fourth-order valence-corrected chi connectivity index (χ4v) is 1.86. The Hall–Kier alpha value is -1.94. The van der Waals surface area contributed by atoms with Gasteiger partial charge in [-0.2, -0.15) is 0 Å². The lowest BCUT2D eigenvalue weighted by molar-refractivity contribution is -0.116. The van der Waals surface area contributed by atoms with Crippen molar-refractivity contribution in [1.29, 1.82) is 0 Å². The number of hydrogen-bond donors (Lipinski definition) is 2. The van der Waals surface area contributed by atoms with Crippen molar-refractivity contribution < 1.29 is 9.53 Å². The fraction of sp³-hybridized carbons (Fsp3) is 0.188. The molecule has 0 bridgehead atoms. The maximum atomic E-state index is 11.7.